The van der Waals surface area contributed by atoms with Crippen molar-refractivity contribution < 1.29 is 9.52 Å². The van der Waals surface area contributed by atoms with E-state index in [4.69, 9.17) is 4.42 Å². The summed E-state index contributed by atoms with van der Waals surface area (Å²) in [7, 11) is 0. The number of halogens is 1. The third kappa shape index (κ3) is 6.42. The molecular weight excluding hydrogens is 443 g/mol. The Kier molecular flexibility index (Phi) is 9.21. The van der Waals surface area contributed by atoms with Gasteiger partial charge in [-0.1, -0.05) is 12.8 Å². The second-order valence-electron chi connectivity index (χ2n) is 7.29. The molecule has 2 unspecified atom stereocenters. The summed E-state index contributed by atoms with van der Waals surface area (Å²) >= 11 is 0. The molecule has 1 aromatic heterocycles. The van der Waals surface area contributed by atoms with Gasteiger partial charge in [-0.2, -0.15) is 0 Å². The largest absolute Gasteiger partial charge is 0.467 e. The van der Waals surface area contributed by atoms with E-state index in [2.05, 4.69) is 27.4 Å². The topological polar surface area (TPSA) is 73.0 Å². The van der Waals surface area contributed by atoms with E-state index >= 15 is 0 Å². The molecule has 0 radical (unpaired) electrons. The van der Waals surface area contributed by atoms with Crippen LogP contribution in [0.3, 0.4) is 0 Å². The van der Waals surface area contributed by atoms with Gasteiger partial charge in [-0.15, -0.1) is 24.0 Å². The van der Waals surface area contributed by atoms with Gasteiger partial charge in [-0.25, -0.2) is 0 Å². The fraction of sp³-hybridized carbons (Fsp3) is 0.737. The normalized spacial score (nSPS) is 23.0. The van der Waals surface area contributed by atoms with E-state index in [1.165, 1.54) is 38.8 Å². The van der Waals surface area contributed by atoms with Crippen molar-refractivity contribution in [1.82, 2.24) is 15.5 Å². The van der Waals surface area contributed by atoms with E-state index in [0.29, 0.717) is 18.3 Å². The van der Waals surface area contributed by atoms with Crippen molar-refractivity contribution in [3.63, 3.8) is 0 Å². The van der Waals surface area contributed by atoms with E-state index in [1.54, 1.807) is 18.4 Å². The minimum atomic E-state index is -0.701. The van der Waals surface area contributed by atoms with E-state index in [-0.39, 0.29) is 24.0 Å². The second-order valence-corrected chi connectivity index (χ2v) is 7.29. The molecule has 6 nitrogen and oxygen atoms in total. The van der Waals surface area contributed by atoms with Crippen molar-refractivity contribution in [1.29, 1.82) is 0 Å². The maximum Gasteiger partial charge on any atom is 0.191 e. The number of guanidine groups is 1. The number of hydrogen-bond acceptors (Lipinski definition) is 4. The van der Waals surface area contributed by atoms with E-state index in [9.17, 15) is 5.11 Å². The fourth-order valence-electron chi connectivity index (χ4n) is 3.94. The molecule has 1 aliphatic heterocycles. The minimum Gasteiger partial charge on any atom is -0.467 e. The van der Waals surface area contributed by atoms with Crippen LogP contribution >= 0.6 is 24.0 Å². The highest BCUT2D eigenvalue weighted by atomic mass is 127. The Bertz CT molecular complexity index is 532. The maximum absolute atomic E-state index is 10.1. The molecule has 148 valence electrons. The molecule has 1 aromatic rings. The Balaban J connectivity index is 0.00000243. The first-order chi connectivity index (χ1) is 12.2. The molecule has 1 saturated carbocycles. The number of aliphatic hydroxyl groups excluding tert-OH is 1. The highest BCUT2D eigenvalue weighted by Crippen LogP contribution is 2.26. The molecule has 2 aliphatic rings. The summed E-state index contributed by atoms with van der Waals surface area (Å²) < 4.78 is 5.23. The third-order valence-corrected chi connectivity index (χ3v) is 5.24. The van der Waals surface area contributed by atoms with Crippen LogP contribution in [0, 0.1) is 5.92 Å². The number of nitrogens with one attached hydrogen (secondary N) is 2. The Morgan fingerprint density at radius 3 is 2.88 bits per heavy atom. The standard InChI is InChI=1S/C19H32N4O2.HI/c1-2-20-19(21-12-17(24)18-8-5-11-25-18)22-16-9-10-23(14-16)13-15-6-3-4-7-15;/h5,8,11,15-17,24H,2-4,6-7,9-10,12-14H2,1H3,(H2,20,21,22);1H. The average molecular weight is 476 g/mol. The molecule has 0 bridgehead atoms. The van der Waals surface area contributed by atoms with Crippen LogP contribution in [-0.2, 0) is 0 Å². The quantitative estimate of drug-likeness (QED) is 0.321. The molecule has 7 heteroatoms. The van der Waals surface area contributed by atoms with E-state index in [0.717, 1.165) is 31.4 Å². The number of furan rings is 1. The van der Waals surface area contributed by atoms with Gasteiger partial charge in [0, 0.05) is 32.2 Å². The predicted molar refractivity (Wildman–Crippen MR) is 115 cm³/mol. The molecule has 0 spiro atoms. The molecule has 1 aliphatic carbocycles. The molecule has 3 rings (SSSR count). The summed E-state index contributed by atoms with van der Waals surface area (Å²) in [5, 5.41) is 16.9. The molecular formula is C19H33IN4O2. The number of hydrogen-bond donors (Lipinski definition) is 3. The van der Waals surface area contributed by atoms with Gasteiger partial charge in [-0.3, -0.25) is 4.99 Å². The lowest BCUT2D eigenvalue weighted by molar-refractivity contribution is 0.158. The zero-order chi connectivity index (χ0) is 17.5. The molecule has 2 fully saturated rings. The van der Waals surface area contributed by atoms with Crippen LogP contribution in [0.25, 0.3) is 0 Å². The summed E-state index contributed by atoms with van der Waals surface area (Å²) in [5.41, 5.74) is 0. The molecule has 0 amide bonds. The van der Waals surface area contributed by atoms with Gasteiger partial charge < -0.3 is 25.1 Å². The first kappa shape index (κ1) is 21.5. The third-order valence-electron chi connectivity index (χ3n) is 5.24. The van der Waals surface area contributed by atoms with Gasteiger partial charge in [0.25, 0.3) is 0 Å². The first-order valence-corrected chi connectivity index (χ1v) is 9.73. The smallest absolute Gasteiger partial charge is 0.191 e. The molecule has 26 heavy (non-hydrogen) atoms. The number of nitrogens with zero attached hydrogens (tertiary/aromatic N) is 2. The second kappa shape index (κ2) is 11.1. The summed E-state index contributed by atoms with van der Waals surface area (Å²) in [6.45, 7) is 6.66. The van der Waals surface area contributed by atoms with E-state index < -0.39 is 6.10 Å². The van der Waals surface area contributed by atoms with Crippen molar-refractivity contribution in [3.8, 4) is 0 Å². The van der Waals surface area contributed by atoms with Crippen molar-refractivity contribution >= 4 is 29.9 Å². The fourth-order valence-corrected chi connectivity index (χ4v) is 3.94. The molecule has 1 saturated heterocycles. The Morgan fingerprint density at radius 2 is 2.19 bits per heavy atom. The van der Waals surface area contributed by atoms with Gasteiger partial charge >= 0.3 is 0 Å². The Hall–Kier alpha value is -0.800. The lowest BCUT2D eigenvalue weighted by Crippen LogP contribution is -2.45. The van der Waals surface area contributed by atoms with Gasteiger partial charge in [-0.05, 0) is 44.2 Å². The van der Waals surface area contributed by atoms with Crippen molar-refractivity contribution in [2.24, 2.45) is 10.9 Å². The van der Waals surface area contributed by atoms with Crippen LogP contribution < -0.4 is 10.6 Å². The van der Waals surface area contributed by atoms with Gasteiger partial charge in [0.2, 0.25) is 0 Å². The predicted octanol–water partition coefficient (Wildman–Crippen LogP) is 2.75. The van der Waals surface area contributed by atoms with Crippen LogP contribution in [0.4, 0.5) is 0 Å². The van der Waals surface area contributed by atoms with Gasteiger partial charge in [0.1, 0.15) is 11.9 Å². The molecule has 2 heterocycles. The van der Waals surface area contributed by atoms with Crippen LogP contribution in [0.1, 0.15) is 50.9 Å². The monoisotopic (exact) mass is 476 g/mol. The maximum atomic E-state index is 10.1. The number of aliphatic hydroxyl groups is 1. The van der Waals surface area contributed by atoms with E-state index in [1.807, 2.05) is 0 Å². The molecule has 2 atom stereocenters. The zero-order valence-corrected chi connectivity index (χ0v) is 18.0. The highest BCUT2D eigenvalue weighted by molar-refractivity contribution is 14.0. The summed E-state index contributed by atoms with van der Waals surface area (Å²) in [5.74, 6) is 2.24. The van der Waals surface area contributed by atoms with Crippen LogP contribution in [0.5, 0.6) is 0 Å². The Labute approximate surface area is 173 Å². The summed E-state index contributed by atoms with van der Waals surface area (Å²) in [6.07, 6.45) is 7.66. The zero-order valence-electron chi connectivity index (χ0n) is 15.7. The molecule has 3 N–H and O–H groups in total. The molecule has 0 aromatic carbocycles. The summed E-state index contributed by atoms with van der Waals surface area (Å²) in [4.78, 5) is 7.12. The number of aliphatic imine (C=N–C) groups is 1. The first-order valence-electron chi connectivity index (χ1n) is 9.73. The number of rotatable bonds is 7. The van der Waals surface area contributed by atoms with Crippen LogP contribution in [-0.4, -0.2) is 54.7 Å². The van der Waals surface area contributed by atoms with Crippen molar-refractivity contribution in [2.45, 2.75) is 51.2 Å². The van der Waals surface area contributed by atoms with Crippen molar-refractivity contribution in [2.75, 3.05) is 32.7 Å². The average Bonchev–Trinajstić information content (AvgIpc) is 3.36. The van der Waals surface area contributed by atoms with Crippen molar-refractivity contribution in [3.05, 3.63) is 24.2 Å². The lowest BCUT2D eigenvalue weighted by atomic mass is 10.1. The lowest BCUT2D eigenvalue weighted by Gasteiger charge is -2.21. The SMILES string of the molecule is CCNC(=NCC(O)c1ccco1)NC1CCN(CC2CCCC2)C1.I. The van der Waals surface area contributed by atoms with Gasteiger partial charge in [0.15, 0.2) is 5.96 Å². The summed E-state index contributed by atoms with van der Waals surface area (Å²) in [6, 6.07) is 3.99. The highest BCUT2D eigenvalue weighted by Gasteiger charge is 2.26. The number of likely N-dealkylation sites (tertiary alicyclic amines) is 1. The van der Waals surface area contributed by atoms with Crippen LogP contribution in [0.2, 0.25) is 0 Å². The Morgan fingerprint density at radius 1 is 1.38 bits per heavy atom. The van der Waals surface area contributed by atoms with Crippen LogP contribution in [0.15, 0.2) is 27.8 Å². The van der Waals surface area contributed by atoms with Gasteiger partial charge in [0.05, 0.1) is 12.8 Å². The minimum absolute atomic E-state index is 0.